The van der Waals surface area contributed by atoms with Crippen molar-refractivity contribution >= 4 is 13.7 Å². The van der Waals surface area contributed by atoms with E-state index in [1.54, 1.807) is 26.0 Å². The molecule has 0 aliphatic carbocycles. The zero-order valence-electron chi connectivity index (χ0n) is 10.8. The van der Waals surface area contributed by atoms with Crippen molar-refractivity contribution in [1.82, 2.24) is 5.32 Å². The standard InChI is InChI=1S/C12H18NO5P/c1-9(2)11(19(15,16)17)13-12(14)18-8-10-6-4-3-5-7-10/h3-7,9,11H,8H2,1-2H3,(H,13,14)(H2,15,16,17). The third-order valence-electron chi connectivity index (χ3n) is 2.47. The van der Waals surface area contributed by atoms with E-state index in [4.69, 9.17) is 14.5 Å². The van der Waals surface area contributed by atoms with Crippen LogP contribution in [0, 0.1) is 5.92 Å². The highest BCUT2D eigenvalue weighted by molar-refractivity contribution is 7.52. The van der Waals surface area contributed by atoms with Gasteiger partial charge in [-0.2, -0.15) is 0 Å². The summed E-state index contributed by atoms with van der Waals surface area (Å²) in [7, 11) is -4.39. The van der Waals surface area contributed by atoms with Crippen LogP contribution in [0.3, 0.4) is 0 Å². The van der Waals surface area contributed by atoms with Gasteiger partial charge in [0.05, 0.1) is 0 Å². The highest BCUT2D eigenvalue weighted by Crippen LogP contribution is 2.43. The molecule has 1 rings (SSSR count). The minimum Gasteiger partial charge on any atom is -0.445 e. The molecule has 0 bridgehead atoms. The van der Waals surface area contributed by atoms with Crippen LogP contribution < -0.4 is 5.32 Å². The third-order valence-corrected chi connectivity index (χ3v) is 3.92. The summed E-state index contributed by atoms with van der Waals surface area (Å²) in [6.07, 6.45) is -0.842. The fourth-order valence-corrected chi connectivity index (χ4v) is 2.58. The van der Waals surface area contributed by atoms with Crippen molar-refractivity contribution in [2.45, 2.75) is 26.2 Å². The number of benzene rings is 1. The Kier molecular flexibility index (Phi) is 5.54. The molecule has 0 aliphatic heterocycles. The quantitative estimate of drug-likeness (QED) is 0.720. The van der Waals surface area contributed by atoms with Crippen LogP contribution in [0.25, 0.3) is 0 Å². The zero-order valence-corrected chi connectivity index (χ0v) is 11.7. The Morgan fingerprint density at radius 3 is 2.37 bits per heavy atom. The van der Waals surface area contributed by atoms with Crippen molar-refractivity contribution in [2.75, 3.05) is 0 Å². The first kappa shape index (κ1) is 15.7. The minimum atomic E-state index is -4.39. The highest BCUT2D eigenvalue weighted by Gasteiger charge is 2.33. The largest absolute Gasteiger partial charge is 0.445 e. The fraction of sp³-hybridized carbons (Fsp3) is 0.417. The van der Waals surface area contributed by atoms with E-state index in [0.29, 0.717) is 0 Å². The number of nitrogens with one attached hydrogen (secondary N) is 1. The maximum absolute atomic E-state index is 11.5. The van der Waals surface area contributed by atoms with E-state index in [2.05, 4.69) is 5.32 Å². The molecule has 0 aliphatic rings. The second-order valence-electron chi connectivity index (χ2n) is 4.48. The molecule has 7 heteroatoms. The van der Waals surface area contributed by atoms with E-state index in [9.17, 15) is 9.36 Å². The van der Waals surface area contributed by atoms with Crippen LogP contribution in [0.5, 0.6) is 0 Å². The van der Waals surface area contributed by atoms with Gasteiger partial charge in [-0.25, -0.2) is 4.79 Å². The molecule has 1 atom stereocenters. The molecule has 0 fully saturated rings. The Balaban J connectivity index is 2.52. The summed E-state index contributed by atoms with van der Waals surface area (Å²) >= 11 is 0. The summed E-state index contributed by atoms with van der Waals surface area (Å²) < 4.78 is 16.1. The molecule has 1 amide bonds. The van der Waals surface area contributed by atoms with Crippen molar-refractivity contribution in [1.29, 1.82) is 0 Å². The molecular formula is C12H18NO5P. The lowest BCUT2D eigenvalue weighted by atomic mass is 10.2. The third kappa shape index (κ3) is 5.42. The average Bonchev–Trinajstić information content (AvgIpc) is 2.33. The number of carbonyl (C=O) groups excluding carboxylic acids is 1. The first-order valence-corrected chi connectivity index (χ1v) is 7.51. The topological polar surface area (TPSA) is 95.9 Å². The summed E-state index contributed by atoms with van der Waals surface area (Å²) in [6.45, 7) is 3.28. The molecule has 0 aromatic heterocycles. The summed E-state index contributed by atoms with van der Waals surface area (Å²) in [5.41, 5.74) is 0.801. The van der Waals surface area contributed by atoms with Crippen molar-refractivity contribution in [3.63, 3.8) is 0 Å². The predicted molar refractivity (Wildman–Crippen MR) is 70.4 cm³/mol. The zero-order chi connectivity index (χ0) is 14.5. The number of hydrogen-bond donors (Lipinski definition) is 3. The minimum absolute atomic E-state index is 0.0542. The van der Waals surface area contributed by atoms with E-state index in [1.807, 2.05) is 18.2 Å². The van der Waals surface area contributed by atoms with Crippen LogP contribution in [-0.4, -0.2) is 21.7 Å². The van der Waals surface area contributed by atoms with Gasteiger partial charge in [-0.05, 0) is 11.5 Å². The van der Waals surface area contributed by atoms with Crippen LogP contribution in [0.2, 0.25) is 0 Å². The van der Waals surface area contributed by atoms with Gasteiger partial charge in [0.2, 0.25) is 0 Å². The lowest BCUT2D eigenvalue weighted by Gasteiger charge is -2.22. The Morgan fingerprint density at radius 1 is 1.32 bits per heavy atom. The van der Waals surface area contributed by atoms with Gasteiger partial charge in [0.1, 0.15) is 12.4 Å². The van der Waals surface area contributed by atoms with Gasteiger partial charge < -0.3 is 19.8 Å². The van der Waals surface area contributed by atoms with E-state index in [0.717, 1.165) is 5.56 Å². The van der Waals surface area contributed by atoms with Crippen LogP contribution >= 0.6 is 7.60 Å². The molecule has 1 aromatic rings. The summed E-state index contributed by atoms with van der Waals surface area (Å²) in [5, 5.41) is 2.20. The van der Waals surface area contributed by atoms with Gasteiger partial charge in [-0.1, -0.05) is 44.2 Å². The number of hydrogen-bond acceptors (Lipinski definition) is 3. The van der Waals surface area contributed by atoms with Crippen molar-refractivity contribution in [3.05, 3.63) is 35.9 Å². The van der Waals surface area contributed by atoms with Gasteiger partial charge in [0, 0.05) is 0 Å². The van der Waals surface area contributed by atoms with E-state index in [-0.39, 0.29) is 6.61 Å². The maximum atomic E-state index is 11.5. The smallest absolute Gasteiger partial charge is 0.408 e. The number of ether oxygens (including phenoxy) is 1. The summed E-state index contributed by atoms with van der Waals surface area (Å²) in [5.74, 6) is -1.64. The van der Waals surface area contributed by atoms with Crippen molar-refractivity contribution in [3.8, 4) is 0 Å². The van der Waals surface area contributed by atoms with Gasteiger partial charge in [-0.15, -0.1) is 0 Å². The second kappa shape index (κ2) is 6.70. The molecule has 3 N–H and O–H groups in total. The Bertz CT molecular complexity index is 456. The molecule has 0 heterocycles. The lowest BCUT2D eigenvalue weighted by Crippen LogP contribution is -2.38. The fourth-order valence-electron chi connectivity index (χ4n) is 1.52. The number of alkyl carbamates (subject to hydrolysis) is 1. The molecule has 0 radical (unpaired) electrons. The second-order valence-corrected chi connectivity index (χ2v) is 6.22. The van der Waals surface area contributed by atoms with Gasteiger partial charge in [0.15, 0.2) is 0 Å². The SMILES string of the molecule is CC(C)C(NC(=O)OCc1ccccc1)P(=O)(O)O. The molecule has 1 unspecified atom stereocenters. The summed E-state index contributed by atoms with van der Waals surface area (Å²) in [6, 6.07) is 9.03. The van der Waals surface area contributed by atoms with Crippen LogP contribution in [0.4, 0.5) is 4.79 Å². The van der Waals surface area contributed by atoms with Crippen LogP contribution in [-0.2, 0) is 15.9 Å². The molecule has 0 spiro atoms. The summed E-state index contributed by atoms with van der Waals surface area (Å²) in [4.78, 5) is 29.7. The molecule has 1 aromatic carbocycles. The molecule has 106 valence electrons. The first-order valence-electron chi connectivity index (χ1n) is 5.83. The number of rotatable bonds is 5. The van der Waals surface area contributed by atoms with E-state index >= 15 is 0 Å². The van der Waals surface area contributed by atoms with Crippen LogP contribution in [0.15, 0.2) is 30.3 Å². The van der Waals surface area contributed by atoms with Crippen molar-refractivity contribution < 1.29 is 23.9 Å². The number of carbonyl (C=O) groups is 1. The van der Waals surface area contributed by atoms with Gasteiger partial charge >= 0.3 is 13.7 Å². The maximum Gasteiger partial charge on any atom is 0.408 e. The average molecular weight is 287 g/mol. The molecule has 19 heavy (non-hydrogen) atoms. The highest BCUT2D eigenvalue weighted by atomic mass is 31.2. The molecule has 0 saturated heterocycles. The lowest BCUT2D eigenvalue weighted by molar-refractivity contribution is 0.135. The molecular weight excluding hydrogens is 269 g/mol. The predicted octanol–water partition coefficient (Wildman–Crippen LogP) is 2.07. The normalized spacial score (nSPS) is 13.1. The Labute approximate surface area is 111 Å². The van der Waals surface area contributed by atoms with Crippen molar-refractivity contribution in [2.24, 2.45) is 5.92 Å². The Hall–Kier alpha value is -1.36. The molecule has 6 nitrogen and oxygen atoms in total. The molecule has 0 saturated carbocycles. The van der Waals surface area contributed by atoms with Gasteiger partial charge in [-0.3, -0.25) is 4.57 Å². The monoisotopic (exact) mass is 287 g/mol. The first-order chi connectivity index (χ1) is 8.80. The van der Waals surface area contributed by atoms with Gasteiger partial charge in [0.25, 0.3) is 0 Å². The van der Waals surface area contributed by atoms with Crippen LogP contribution in [0.1, 0.15) is 19.4 Å². The van der Waals surface area contributed by atoms with E-state index < -0.39 is 25.4 Å². The Morgan fingerprint density at radius 2 is 1.89 bits per heavy atom. The van der Waals surface area contributed by atoms with E-state index in [1.165, 1.54) is 0 Å². The number of amides is 1.